The number of aromatic nitrogens is 1. The van der Waals surface area contributed by atoms with Crippen LogP contribution in [0.5, 0.6) is 0 Å². The number of rotatable bonds is 4. The smallest absolute Gasteiger partial charge is 0.307 e. The van der Waals surface area contributed by atoms with Gasteiger partial charge in [0.15, 0.2) is 5.58 Å². The van der Waals surface area contributed by atoms with Gasteiger partial charge in [-0.2, -0.15) is 0 Å². The third kappa shape index (κ3) is 3.07. The molecule has 1 aliphatic rings. The van der Waals surface area contributed by atoms with Crippen LogP contribution in [0.3, 0.4) is 0 Å². The Balaban J connectivity index is 1.80. The maximum absolute atomic E-state index is 11.5. The van der Waals surface area contributed by atoms with Gasteiger partial charge in [-0.3, -0.25) is 4.79 Å². The highest BCUT2D eigenvalue weighted by Gasteiger charge is 2.36. The normalized spacial score (nSPS) is 26.0. The van der Waals surface area contributed by atoms with Crippen LogP contribution < -0.4 is 0 Å². The van der Waals surface area contributed by atoms with E-state index in [4.69, 9.17) is 4.42 Å². The standard InChI is InChI=1S/C16H19NO3S/c1-2-10-7-8-11(15(18)19)14(9-10)21-16-17-12-5-3-4-6-13(12)20-16/h3-6,10-11,14H,2,7-9H2,1H3,(H,18,19). The number of carboxylic acid groups (broad SMARTS) is 1. The Morgan fingerprint density at radius 3 is 2.95 bits per heavy atom. The molecule has 2 aromatic rings. The van der Waals surface area contributed by atoms with Gasteiger partial charge in [-0.1, -0.05) is 37.2 Å². The van der Waals surface area contributed by atoms with Gasteiger partial charge >= 0.3 is 5.97 Å². The van der Waals surface area contributed by atoms with Crippen LogP contribution in [0.15, 0.2) is 33.9 Å². The van der Waals surface area contributed by atoms with Gasteiger partial charge in [-0.05, 0) is 37.3 Å². The number of hydrogen-bond donors (Lipinski definition) is 1. The molecule has 5 heteroatoms. The first kappa shape index (κ1) is 14.4. The van der Waals surface area contributed by atoms with Crippen LogP contribution in [0.1, 0.15) is 32.6 Å². The Labute approximate surface area is 127 Å². The van der Waals surface area contributed by atoms with Crippen LogP contribution >= 0.6 is 11.8 Å². The summed E-state index contributed by atoms with van der Waals surface area (Å²) in [7, 11) is 0. The number of aliphatic carboxylic acids is 1. The second kappa shape index (κ2) is 6.10. The van der Waals surface area contributed by atoms with Gasteiger partial charge < -0.3 is 9.52 Å². The molecule has 21 heavy (non-hydrogen) atoms. The lowest BCUT2D eigenvalue weighted by Gasteiger charge is -2.32. The molecule has 0 aliphatic heterocycles. The molecule has 0 radical (unpaired) electrons. The van der Waals surface area contributed by atoms with Gasteiger partial charge in [0.2, 0.25) is 0 Å². The first-order chi connectivity index (χ1) is 10.2. The van der Waals surface area contributed by atoms with E-state index in [-0.39, 0.29) is 11.2 Å². The van der Waals surface area contributed by atoms with Crippen molar-refractivity contribution in [3.05, 3.63) is 24.3 Å². The van der Waals surface area contributed by atoms with E-state index in [1.54, 1.807) is 0 Å². The van der Waals surface area contributed by atoms with Crippen molar-refractivity contribution in [2.75, 3.05) is 0 Å². The number of thioether (sulfide) groups is 1. The Bertz CT molecular complexity index is 606. The molecule has 112 valence electrons. The predicted molar refractivity (Wildman–Crippen MR) is 82.4 cm³/mol. The van der Waals surface area contributed by atoms with E-state index in [1.807, 2.05) is 24.3 Å². The first-order valence-corrected chi connectivity index (χ1v) is 8.30. The largest absolute Gasteiger partial charge is 0.481 e. The zero-order valence-electron chi connectivity index (χ0n) is 12.0. The van der Waals surface area contributed by atoms with Gasteiger partial charge in [0.05, 0.1) is 5.92 Å². The second-order valence-electron chi connectivity index (χ2n) is 5.64. The molecule has 1 N–H and O–H groups in total. The summed E-state index contributed by atoms with van der Waals surface area (Å²) >= 11 is 1.49. The highest BCUT2D eigenvalue weighted by molar-refractivity contribution is 7.99. The number of benzene rings is 1. The summed E-state index contributed by atoms with van der Waals surface area (Å²) in [6, 6.07) is 7.63. The van der Waals surface area contributed by atoms with Gasteiger partial charge in [0, 0.05) is 5.25 Å². The molecular formula is C16H19NO3S. The summed E-state index contributed by atoms with van der Waals surface area (Å²) in [4.78, 5) is 15.9. The van der Waals surface area contributed by atoms with Crippen LogP contribution in [0.25, 0.3) is 11.1 Å². The van der Waals surface area contributed by atoms with Crippen molar-refractivity contribution < 1.29 is 14.3 Å². The van der Waals surface area contributed by atoms with Crippen LogP contribution in [0.2, 0.25) is 0 Å². The topological polar surface area (TPSA) is 63.3 Å². The molecule has 0 amide bonds. The average molecular weight is 305 g/mol. The summed E-state index contributed by atoms with van der Waals surface area (Å²) in [5.41, 5.74) is 1.59. The van der Waals surface area contributed by atoms with E-state index >= 15 is 0 Å². The van der Waals surface area contributed by atoms with Crippen molar-refractivity contribution in [2.45, 2.75) is 43.1 Å². The molecule has 1 fully saturated rings. The van der Waals surface area contributed by atoms with Crippen molar-refractivity contribution in [1.82, 2.24) is 4.98 Å². The minimum atomic E-state index is -0.696. The lowest BCUT2D eigenvalue weighted by atomic mass is 9.80. The molecule has 1 saturated carbocycles. The van der Waals surface area contributed by atoms with Crippen LogP contribution in [0, 0.1) is 11.8 Å². The molecule has 1 aliphatic carbocycles. The molecule has 3 unspecified atom stereocenters. The molecule has 1 heterocycles. The number of carboxylic acids is 1. The molecule has 3 atom stereocenters. The van der Waals surface area contributed by atoms with Gasteiger partial charge in [0.25, 0.3) is 5.22 Å². The Hall–Kier alpha value is -1.49. The Kier molecular flexibility index (Phi) is 4.19. The number of oxazole rings is 1. The summed E-state index contributed by atoms with van der Waals surface area (Å²) < 4.78 is 5.73. The fourth-order valence-corrected chi connectivity index (χ4v) is 4.36. The zero-order chi connectivity index (χ0) is 14.8. The van der Waals surface area contributed by atoms with Crippen LogP contribution in [-0.4, -0.2) is 21.3 Å². The fourth-order valence-electron chi connectivity index (χ4n) is 3.03. The van der Waals surface area contributed by atoms with Crippen LogP contribution in [0.4, 0.5) is 0 Å². The minimum Gasteiger partial charge on any atom is -0.481 e. The quantitative estimate of drug-likeness (QED) is 0.917. The first-order valence-electron chi connectivity index (χ1n) is 7.42. The zero-order valence-corrected chi connectivity index (χ0v) is 12.8. The number of fused-ring (bicyclic) bond motifs is 1. The van der Waals surface area contributed by atoms with Gasteiger partial charge in [-0.15, -0.1) is 0 Å². The maximum atomic E-state index is 11.5. The molecule has 4 nitrogen and oxygen atoms in total. The van der Waals surface area contributed by atoms with Crippen molar-refractivity contribution >= 4 is 28.8 Å². The Morgan fingerprint density at radius 1 is 1.43 bits per heavy atom. The van der Waals surface area contributed by atoms with Gasteiger partial charge in [-0.25, -0.2) is 4.98 Å². The predicted octanol–water partition coefficient (Wildman–Crippen LogP) is 4.20. The minimum absolute atomic E-state index is 0.0502. The monoisotopic (exact) mass is 305 g/mol. The SMILES string of the molecule is CCC1CCC(C(=O)O)C(Sc2nc3ccccc3o2)C1. The number of carbonyl (C=O) groups is 1. The van der Waals surface area contributed by atoms with E-state index in [0.717, 1.165) is 36.8 Å². The second-order valence-corrected chi connectivity index (χ2v) is 6.83. The number of hydrogen-bond acceptors (Lipinski definition) is 4. The van der Waals surface area contributed by atoms with Crippen molar-refractivity contribution in [1.29, 1.82) is 0 Å². The highest BCUT2D eigenvalue weighted by Crippen LogP contribution is 2.41. The van der Waals surface area contributed by atoms with Crippen LogP contribution in [-0.2, 0) is 4.79 Å². The number of para-hydroxylation sites is 2. The summed E-state index contributed by atoms with van der Waals surface area (Å²) in [5, 5.41) is 10.1. The summed E-state index contributed by atoms with van der Waals surface area (Å²) in [5.74, 6) is -0.381. The molecular weight excluding hydrogens is 286 g/mol. The highest BCUT2D eigenvalue weighted by atomic mass is 32.2. The summed E-state index contributed by atoms with van der Waals surface area (Å²) in [6.45, 7) is 2.17. The fraction of sp³-hybridized carbons (Fsp3) is 0.500. The summed E-state index contributed by atoms with van der Waals surface area (Å²) in [6.07, 6.45) is 3.80. The third-order valence-electron chi connectivity index (χ3n) is 4.32. The molecule has 1 aromatic carbocycles. The third-order valence-corrected chi connectivity index (χ3v) is 5.52. The molecule has 3 rings (SSSR count). The Morgan fingerprint density at radius 2 is 2.24 bits per heavy atom. The van der Waals surface area contributed by atoms with E-state index in [0.29, 0.717) is 11.1 Å². The van der Waals surface area contributed by atoms with E-state index < -0.39 is 5.97 Å². The molecule has 0 bridgehead atoms. The van der Waals surface area contributed by atoms with Crippen molar-refractivity contribution in [3.63, 3.8) is 0 Å². The van der Waals surface area contributed by atoms with Crippen molar-refractivity contribution in [3.8, 4) is 0 Å². The molecule has 0 spiro atoms. The average Bonchev–Trinajstić information content (AvgIpc) is 2.89. The van der Waals surface area contributed by atoms with Crippen molar-refractivity contribution in [2.24, 2.45) is 11.8 Å². The number of nitrogens with zero attached hydrogens (tertiary/aromatic N) is 1. The molecule has 0 saturated heterocycles. The molecule has 1 aromatic heterocycles. The lowest BCUT2D eigenvalue weighted by Crippen LogP contribution is -2.32. The van der Waals surface area contributed by atoms with E-state index in [2.05, 4.69) is 11.9 Å². The van der Waals surface area contributed by atoms with E-state index in [1.165, 1.54) is 11.8 Å². The maximum Gasteiger partial charge on any atom is 0.307 e. The van der Waals surface area contributed by atoms with Gasteiger partial charge in [0.1, 0.15) is 5.52 Å². The lowest BCUT2D eigenvalue weighted by molar-refractivity contribution is -0.142. The van der Waals surface area contributed by atoms with E-state index in [9.17, 15) is 9.90 Å².